The molecule has 0 bridgehead atoms. The Balaban J connectivity index is 1.87. The normalized spacial score (nSPS) is 18.3. The number of amides is 1. The number of benzene rings is 1. The predicted octanol–water partition coefficient (Wildman–Crippen LogP) is 3.46. The Hall–Kier alpha value is -1.49. The number of piperidine rings is 1. The van der Waals surface area contributed by atoms with Gasteiger partial charge in [0.1, 0.15) is 6.61 Å². The van der Waals surface area contributed by atoms with Crippen molar-refractivity contribution in [3.8, 4) is 0 Å². The van der Waals surface area contributed by atoms with E-state index in [0.717, 1.165) is 31.4 Å². The van der Waals surface area contributed by atoms with Crippen molar-refractivity contribution in [2.45, 2.75) is 38.8 Å². The van der Waals surface area contributed by atoms with Crippen LogP contribution in [-0.4, -0.2) is 34.4 Å². The molecule has 0 aromatic heterocycles. The van der Waals surface area contributed by atoms with Gasteiger partial charge in [-0.2, -0.15) is 0 Å². The van der Waals surface area contributed by atoms with Crippen molar-refractivity contribution in [1.82, 2.24) is 4.90 Å². The van der Waals surface area contributed by atoms with Crippen molar-refractivity contribution in [2.75, 3.05) is 12.3 Å². The third kappa shape index (κ3) is 5.08. The topological polar surface area (TPSA) is 46.6 Å². The van der Waals surface area contributed by atoms with Crippen molar-refractivity contribution in [3.05, 3.63) is 35.9 Å². The van der Waals surface area contributed by atoms with Gasteiger partial charge < -0.3 is 9.64 Å². The van der Waals surface area contributed by atoms with Gasteiger partial charge in [-0.25, -0.2) is 4.79 Å². The van der Waals surface area contributed by atoms with Gasteiger partial charge in [0.2, 0.25) is 0 Å². The first-order chi connectivity index (χ1) is 10.2. The molecule has 1 aromatic carbocycles. The lowest BCUT2D eigenvalue weighted by molar-refractivity contribution is -0.109. The van der Waals surface area contributed by atoms with Crippen LogP contribution in [0.5, 0.6) is 0 Å². The second-order valence-electron chi connectivity index (χ2n) is 5.19. The van der Waals surface area contributed by atoms with Crippen molar-refractivity contribution in [1.29, 1.82) is 0 Å². The molecule has 1 saturated heterocycles. The van der Waals surface area contributed by atoms with Crippen molar-refractivity contribution >= 4 is 23.0 Å². The summed E-state index contributed by atoms with van der Waals surface area (Å²) in [7, 11) is 0. The minimum Gasteiger partial charge on any atom is -0.445 e. The molecule has 1 heterocycles. The third-order valence-electron chi connectivity index (χ3n) is 3.55. The molecule has 0 aliphatic carbocycles. The Kier molecular flexibility index (Phi) is 6.11. The van der Waals surface area contributed by atoms with Gasteiger partial charge in [-0.05, 0) is 24.8 Å². The van der Waals surface area contributed by atoms with Gasteiger partial charge in [0.05, 0.1) is 0 Å². The molecular formula is C16H21NO3S. The summed E-state index contributed by atoms with van der Waals surface area (Å²) < 4.78 is 5.40. The Morgan fingerprint density at radius 2 is 2.05 bits per heavy atom. The SMILES string of the molecule is CC(=O)SCC1CCCCN1C(=O)OCc1ccccc1. The van der Waals surface area contributed by atoms with Crippen LogP contribution in [0.2, 0.25) is 0 Å². The van der Waals surface area contributed by atoms with E-state index in [2.05, 4.69) is 0 Å². The van der Waals surface area contributed by atoms with E-state index in [9.17, 15) is 9.59 Å². The first kappa shape index (κ1) is 15.9. The number of rotatable bonds is 4. The van der Waals surface area contributed by atoms with Gasteiger partial charge in [0.25, 0.3) is 0 Å². The molecule has 1 unspecified atom stereocenters. The van der Waals surface area contributed by atoms with Crippen LogP contribution in [0.15, 0.2) is 30.3 Å². The van der Waals surface area contributed by atoms with E-state index >= 15 is 0 Å². The van der Waals surface area contributed by atoms with Crippen LogP contribution in [0.3, 0.4) is 0 Å². The maximum Gasteiger partial charge on any atom is 0.410 e. The highest BCUT2D eigenvalue weighted by Crippen LogP contribution is 2.22. The van der Waals surface area contributed by atoms with E-state index in [1.54, 1.807) is 11.8 Å². The molecule has 2 rings (SSSR count). The lowest BCUT2D eigenvalue weighted by Crippen LogP contribution is -2.45. The van der Waals surface area contributed by atoms with Gasteiger partial charge in [-0.3, -0.25) is 4.79 Å². The number of hydrogen-bond donors (Lipinski definition) is 0. The fraction of sp³-hybridized carbons (Fsp3) is 0.500. The number of carbonyl (C=O) groups excluding carboxylic acids is 2. The van der Waals surface area contributed by atoms with Gasteiger partial charge in [0, 0.05) is 25.3 Å². The quantitative estimate of drug-likeness (QED) is 0.854. The van der Waals surface area contributed by atoms with Crippen LogP contribution in [0.1, 0.15) is 31.7 Å². The summed E-state index contributed by atoms with van der Waals surface area (Å²) in [5.74, 6) is 0.662. The zero-order valence-electron chi connectivity index (χ0n) is 12.3. The zero-order valence-corrected chi connectivity index (χ0v) is 13.1. The summed E-state index contributed by atoms with van der Waals surface area (Å²) in [6.07, 6.45) is 2.78. The smallest absolute Gasteiger partial charge is 0.410 e. The highest BCUT2D eigenvalue weighted by Gasteiger charge is 2.28. The van der Waals surface area contributed by atoms with Crippen LogP contribution < -0.4 is 0 Å². The Bertz CT molecular complexity index is 478. The maximum absolute atomic E-state index is 12.2. The molecule has 1 amide bonds. The van der Waals surface area contributed by atoms with Gasteiger partial charge in [-0.1, -0.05) is 42.1 Å². The molecule has 0 N–H and O–H groups in total. The summed E-state index contributed by atoms with van der Waals surface area (Å²) in [4.78, 5) is 25.1. The van der Waals surface area contributed by atoms with E-state index in [1.165, 1.54) is 11.8 Å². The Morgan fingerprint density at radius 3 is 2.76 bits per heavy atom. The maximum atomic E-state index is 12.2. The summed E-state index contributed by atoms with van der Waals surface area (Å²) in [6, 6.07) is 9.77. The van der Waals surface area contributed by atoms with E-state index in [0.29, 0.717) is 12.4 Å². The molecule has 21 heavy (non-hydrogen) atoms. The highest BCUT2D eigenvalue weighted by molar-refractivity contribution is 8.13. The Labute approximate surface area is 129 Å². The molecule has 1 aliphatic rings. The van der Waals surface area contributed by atoms with Crippen molar-refractivity contribution in [3.63, 3.8) is 0 Å². The lowest BCUT2D eigenvalue weighted by Gasteiger charge is -2.34. The number of ether oxygens (including phenoxy) is 1. The Morgan fingerprint density at radius 1 is 1.29 bits per heavy atom. The third-order valence-corrected chi connectivity index (χ3v) is 4.50. The molecule has 114 valence electrons. The molecule has 5 heteroatoms. The second kappa shape index (κ2) is 8.08. The van der Waals surface area contributed by atoms with E-state index < -0.39 is 0 Å². The molecule has 1 aliphatic heterocycles. The minimum atomic E-state index is -0.271. The fourth-order valence-electron chi connectivity index (χ4n) is 2.43. The average molecular weight is 307 g/mol. The summed E-state index contributed by atoms with van der Waals surface area (Å²) in [6.45, 7) is 2.57. The zero-order chi connectivity index (χ0) is 15.1. The molecule has 0 radical (unpaired) electrons. The molecule has 1 aromatic rings. The number of hydrogen-bond acceptors (Lipinski definition) is 4. The first-order valence-electron chi connectivity index (χ1n) is 7.27. The summed E-state index contributed by atoms with van der Waals surface area (Å²) in [5, 5.41) is 0.0955. The van der Waals surface area contributed by atoms with Gasteiger partial charge in [0.15, 0.2) is 5.12 Å². The van der Waals surface area contributed by atoms with Crippen LogP contribution in [0, 0.1) is 0 Å². The number of nitrogens with zero attached hydrogens (tertiary/aromatic N) is 1. The highest BCUT2D eigenvalue weighted by atomic mass is 32.2. The molecule has 0 saturated carbocycles. The monoisotopic (exact) mass is 307 g/mol. The molecule has 0 spiro atoms. The van der Waals surface area contributed by atoms with Gasteiger partial charge >= 0.3 is 6.09 Å². The van der Waals surface area contributed by atoms with Gasteiger partial charge in [-0.15, -0.1) is 0 Å². The van der Waals surface area contributed by atoms with Crippen molar-refractivity contribution < 1.29 is 14.3 Å². The number of likely N-dealkylation sites (tertiary alicyclic amines) is 1. The second-order valence-corrected chi connectivity index (χ2v) is 6.38. The van der Waals surface area contributed by atoms with E-state index in [1.807, 2.05) is 30.3 Å². The van der Waals surface area contributed by atoms with Crippen LogP contribution in [-0.2, 0) is 16.1 Å². The number of carbonyl (C=O) groups is 2. The average Bonchev–Trinajstić information content (AvgIpc) is 2.52. The predicted molar refractivity (Wildman–Crippen MR) is 84.1 cm³/mol. The van der Waals surface area contributed by atoms with E-state index in [4.69, 9.17) is 4.74 Å². The summed E-state index contributed by atoms with van der Waals surface area (Å²) >= 11 is 1.29. The largest absolute Gasteiger partial charge is 0.445 e. The first-order valence-corrected chi connectivity index (χ1v) is 8.26. The molecular weight excluding hydrogens is 286 g/mol. The lowest BCUT2D eigenvalue weighted by atomic mass is 10.0. The van der Waals surface area contributed by atoms with Crippen LogP contribution in [0.4, 0.5) is 4.79 Å². The van der Waals surface area contributed by atoms with E-state index in [-0.39, 0.29) is 17.3 Å². The number of thioether (sulfide) groups is 1. The fourth-order valence-corrected chi connectivity index (χ4v) is 3.20. The molecule has 4 nitrogen and oxygen atoms in total. The van der Waals surface area contributed by atoms with Crippen molar-refractivity contribution in [2.24, 2.45) is 0 Å². The van der Waals surface area contributed by atoms with Crippen LogP contribution in [0.25, 0.3) is 0 Å². The summed E-state index contributed by atoms with van der Waals surface area (Å²) in [5.41, 5.74) is 0.984. The molecule has 1 atom stereocenters. The standard InChI is InChI=1S/C16H21NO3S/c1-13(18)21-12-15-9-5-6-10-17(15)16(19)20-11-14-7-3-2-4-8-14/h2-4,7-8,15H,5-6,9-12H2,1H3. The minimum absolute atomic E-state index is 0.0955. The molecule has 1 fully saturated rings. The van der Waals surface area contributed by atoms with Crippen LogP contribution >= 0.6 is 11.8 Å².